The molecule has 0 aromatic carbocycles. The highest BCUT2D eigenvalue weighted by atomic mass is 35.5. The predicted octanol–water partition coefficient (Wildman–Crippen LogP) is 3.46. The second-order valence-electron chi connectivity index (χ2n) is 4.63. The average Bonchev–Trinajstić information content (AvgIpc) is 2.57. The fourth-order valence-corrected chi connectivity index (χ4v) is 2.45. The van der Waals surface area contributed by atoms with Crippen molar-refractivity contribution in [2.45, 2.75) is 45.4 Å². The van der Waals surface area contributed by atoms with Crippen LogP contribution in [0.5, 0.6) is 0 Å². The van der Waals surface area contributed by atoms with Gasteiger partial charge in [-0.05, 0) is 25.3 Å². The molecule has 0 saturated carbocycles. The predicted molar refractivity (Wildman–Crippen MR) is 71.7 cm³/mol. The van der Waals surface area contributed by atoms with Gasteiger partial charge in [-0.2, -0.15) is 0 Å². The molecule has 0 bridgehead atoms. The van der Waals surface area contributed by atoms with Crippen molar-refractivity contribution in [2.75, 3.05) is 18.0 Å². The molecule has 3 nitrogen and oxygen atoms in total. The van der Waals surface area contributed by atoms with Gasteiger partial charge in [0, 0.05) is 18.8 Å². The molecule has 4 heteroatoms. The van der Waals surface area contributed by atoms with Gasteiger partial charge in [0.25, 0.3) is 0 Å². The van der Waals surface area contributed by atoms with Gasteiger partial charge < -0.3 is 4.90 Å². The van der Waals surface area contributed by atoms with E-state index in [9.17, 15) is 0 Å². The molecule has 2 rings (SSSR count). The molecule has 0 atom stereocenters. The average molecular weight is 254 g/mol. The van der Waals surface area contributed by atoms with Crippen molar-refractivity contribution >= 4 is 17.5 Å². The van der Waals surface area contributed by atoms with Crippen LogP contribution in [0.15, 0.2) is 6.07 Å². The summed E-state index contributed by atoms with van der Waals surface area (Å²) >= 11 is 6.07. The quantitative estimate of drug-likeness (QED) is 0.773. The van der Waals surface area contributed by atoms with E-state index in [1.54, 1.807) is 0 Å². The van der Waals surface area contributed by atoms with E-state index in [1.165, 1.54) is 25.7 Å². The van der Waals surface area contributed by atoms with E-state index in [-0.39, 0.29) is 0 Å². The number of aryl methyl sites for hydroxylation is 1. The topological polar surface area (TPSA) is 29.0 Å². The first kappa shape index (κ1) is 12.6. The smallest absolute Gasteiger partial charge is 0.226 e. The lowest BCUT2D eigenvalue weighted by Gasteiger charge is -2.20. The minimum Gasteiger partial charge on any atom is -0.341 e. The normalized spacial score (nSPS) is 16.9. The number of hydrogen-bond acceptors (Lipinski definition) is 3. The standard InChI is InChI=1S/C13H20ClN3/c1-2-7-11-10-12(14)16-13(15-11)17-8-5-3-4-6-9-17/h10H,2-9H2,1H3. The summed E-state index contributed by atoms with van der Waals surface area (Å²) in [6, 6.07) is 1.88. The summed E-state index contributed by atoms with van der Waals surface area (Å²) < 4.78 is 0. The zero-order valence-corrected chi connectivity index (χ0v) is 11.2. The van der Waals surface area contributed by atoms with Gasteiger partial charge in [-0.25, -0.2) is 9.97 Å². The zero-order chi connectivity index (χ0) is 12.1. The first-order valence-electron chi connectivity index (χ1n) is 6.58. The molecule has 0 aliphatic carbocycles. The number of halogens is 1. The van der Waals surface area contributed by atoms with E-state index in [0.29, 0.717) is 5.15 Å². The van der Waals surface area contributed by atoms with E-state index in [0.717, 1.165) is 37.6 Å². The van der Waals surface area contributed by atoms with E-state index in [4.69, 9.17) is 11.6 Å². The van der Waals surface area contributed by atoms with Crippen molar-refractivity contribution in [3.63, 3.8) is 0 Å². The van der Waals surface area contributed by atoms with Crippen LogP contribution in [0.4, 0.5) is 5.95 Å². The Bertz CT molecular complexity index is 360. The van der Waals surface area contributed by atoms with Gasteiger partial charge >= 0.3 is 0 Å². The number of nitrogens with zero attached hydrogens (tertiary/aromatic N) is 3. The zero-order valence-electron chi connectivity index (χ0n) is 10.5. The molecule has 1 aromatic heterocycles. The minimum absolute atomic E-state index is 0.572. The summed E-state index contributed by atoms with van der Waals surface area (Å²) in [5.74, 6) is 0.822. The largest absolute Gasteiger partial charge is 0.341 e. The third kappa shape index (κ3) is 3.56. The van der Waals surface area contributed by atoms with Gasteiger partial charge in [-0.1, -0.05) is 37.8 Å². The number of hydrogen-bond donors (Lipinski definition) is 0. The Morgan fingerprint density at radius 1 is 1.18 bits per heavy atom. The molecule has 1 fully saturated rings. The van der Waals surface area contributed by atoms with Crippen LogP contribution in [-0.2, 0) is 6.42 Å². The Balaban J connectivity index is 2.17. The molecule has 17 heavy (non-hydrogen) atoms. The van der Waals surface area contributed by atoms with Crippen molar-refractivity contribution < 1.29 is 0 Å². The molecule has 1 aliphatic rings. The second kappa shape index (κ2) is 6.20. The Kier molecular flexibility index (Phi) is 4.60. The molecule has 0 spiro atoms. The molecule has 1 saturated heterocycles. The molecule has 94 valence electrons. The maximum Gasteiger partial charge on any atom is 0.226 e. The third-order valence-corrected chi connectivity index (χ3v) is 3.32. The van der Waals surface area contributed by atoms with Crippen LogP contribution in [0.25, 0.3) is 0 Å². The van der Waals surface area contributed by atoms with E-state index < -0.39 is 0 Å². The van der Waals surface area contributed by atoms with Crippen molar-refractivity contribution in [2.24, 2.45) is 0 Å². The summed E-state index contributed by atoms with van der Waals surface area (Å²) in [6.07, 6.45) is 7.17. The lowest BCUT2D eigenvalue weighted by molar-refractivity contribution is 0.726. The van der Waals surface area contributed by atoms with Crippen LogP contribution in [0.3, 0.4) is 0 Å². The van der Waals surface area contributed by atoms with Crippen molar-refractivity contribution in [1.82, 2.24) is 9.97 Å². The number of aromatic nitrogens is 2. The van der Waals surface area contributed by atoms with E-state index in [1.807, 2.05) is 6.07 Å². The molecular formula is C13H20ClN3. The summed E-state index contributed by atoms with van der Waals surface area (Å²) in [6.45, 7) is 4.28. The Morgan fingerprint density at radius 3 is 2.53 bits per heavy atom. The molecule has 0 amide bonds. The lowest BCUT2D eigenvalue weighted by atomic mass is 10.2. The van der Waals surface area contributed by atoms with Gasteiger partial charge in [-0.3, -0.25) is 0 Å². The second-order valence-corrected chi connectivity index (χ2v) is 5.02. The summed E-state index contributed by atoms with van der Waals surface area (Å²) in [7, 11) is 0. The van der Waals surface area contributed by atoms with Gasteiger partial charge in [0.15, 0.2) is 0 Å². The van der Waals surface area contributed by atoms with Crippen LogP contribution in [-0.4, -0.2) is 23.1 Å². The van der Waals surface area contributed by atoms with Crippen LogP contribution < -0.4 is 4.90 Å². The first-order chi connectivity index (χ1) is 8.29. The number of anilines is 1. The molecular weight excluding hydrogens is 234 g/mol. The number of rotatable bonds is 3. The van der Waals surface area contributed by atoms with Crippen molar-refractivity contribution in [1.29, 1.82) is 0 Å². The van der Waals surface area contributed by atoms with Gasteiger partial charge in [0.1, 0.15) is 5.15 Å². The van der Waals surface area contributed by atoms with Crippen molar-refractivity contribution in [3.05, 3.63) is 16.9 Å². The molecule has 0 radical (unpaired) electrons. The lowest BCUT2D eigenvalue weighted by Crippen LogP contribution is -2.26. The molecule has 1 aliphatic heterocycles. The molecule has 0 N–H and O–H groups in total. The summed E-state index contributed by atoms with van der Waals surface area (Å²) in [5, 5.41) is 0.572. The van der Waals surface area contributed by atoms with Gasteiger partial charge in [0.2, 0.25) is 5.95 Å². The van der Waals surface area contributed by atoms with Crippen LogP contribution in [0.2, 0.25) is 5.15 Å². The third-order valence-electron chi connectivity index (χ3n) is 3.13. The molecule has 0 unspecified atom stereocenters. The van der Waals surface area contributed by atoms with Crippen LogP contribution in [0.1, 0.15) is 44.7 Å². The van der Waals surface area contributed by atoms with Crippen LogP contribution in [0, 0.1) is 0 Å². The first-order valence-corrected chi connectivity index (χ1v) is 6.96. The Labute approximate surface area is 108 Å². The molecule has 1 aromatic rings. The molecule has 2 heterocycles. The Hall–Kier alpha value is -0.830. The fraction of sp³-hybridized carbons (Fsp3) is 0.692. The highest BCUT2D eigenvalue weighted by molar-refractivity contribution is 6.29. The van der Waals surface area contributed by atoms with E-state index >= 15 is 0 Å². The van der Waals surface area contributed by atoms with Crippen LogP contribution >= 0.6 is 11.6 Å². The summed E-state index contributed by atoms with van der Waals surface area (Å²) in [5.41, 5.74) is 1.06. The maximum absolute atomic E-state index is 6.07. The monoisotopic (exact) mass is 253 g/mol. The maximum atomic E-state index is 6.07. The van der Waals surface area contributed by atoms with Gasteiger partial charge in [0.05, 0.1) is 0 Å². The SMILES string of the molecule is CCCc1cc(Cl)nc(N2CCCCCC2)n1. The fourth-order valence-electron chi connectivity index (χ4n) is 2.25. The summed E-state index contributed by atoms with van der Waals surface area (Å²) in [4.78, 5) is 11.3. The highest BCUT2D eigenvalue weighted by Crippen LogP contribution is 2.19. The van der Waals surface area contributed by atoms with Gasteiger partial charge in [-0.15, -0.1) is 0 Å². The van der Waals surface area contributed by atoms with E-state index in [2.05, 4.69) is 21.8 Å². The van der Waals surface area contributed by atoms with Crippen molar-refractivity contribution in [3.8, 4) is 0 Å². The highest BCUT2D eigenvalue weighted by Gasteiger charge is 2.13. The Morgan fingerprint density at radius 2 is 1.88 bits per heavy atom. The minimum atomic E-state index is 0.572.